The molecule has 0 aliphatic carbocycles. The van der Waals surface area contributed by atoms with Crippen LogP contribution in [0.1, 0.15) is 29.2 Å². The van der Waals surface area contributed by atoms with Crippen LogP contribution in [0.25, 0.3) is 0 Å². The summed E-state index contributed by atoms with van der Waals surface area (Å²) >= 11 is 1.32. The minimum Gasteiger partial charge on any atom is -0.382 e. The molecule has 0 bridgehead atoms. The summed E-state index contributed by atoms with van der Waals surface area (Å²) in [6.07, 6.45) is 1.70. The highest BCUT2D eigenvalue weighted by Gasteiger charge is 2.18. The molecule has 2 aromatic rings. The van der Waals surface area contributed by atoms with Crippen molar-refractivity contribution < 1.29 is 4.79 Å². The van der Waals surface area contributed by atoms with Crippen molar-refractivity contribution in [2.75, 3.05) is 23.7 Å². The summed E-state index contributed by atoms with van der Waals surface area (Å²) in [6.45, 7) is 6.12. The summed E-state index contributed by atoms with van der Waals surface area (Å²) in [5.41, 5.74) is 6.66. The van der Waals surface area contributed by atoms with E-state index in [1.807, 2.05) is 32.0 Å². The highest BCUT2D eigenvalue weighted by molar-refractivity contribution is 7.18. The molecule has 21 heavy (non-hydrogen) atoms. The van der Waals surface area contributed by atoms with Gasteiger partial charge < -0.3 is 16.0 Å². The Hall–Kier alpha value is -2.15. The molecule has 0 saturated heterocycles. The van der Waals surface area contributed by atoms with Crippen molar-refractivity contribution in [2.45, 2.75) is 20.4 Å². The predicted molar refractivity (Wildman–Crippen MR) is 85.5 cm³/mol. The first-order valence-electron chi connectivity index (χ1n) is 6.85. The number of amides is 1. The molecule has 0 unspecified atom stereocenters. The van der Waals surface area contributed by atoms with E-state index >= 15 is 0 Å². The number of hydrogen-bond donors (Lipinski definition) is 2. The van der Waals surface area contributed by atoms with Crippen LogP contribution in [0.15, 0.2) is 24.4 Å². The van der Waals surface area contributed by atoms with Gasteiger partial charge in [-0.05, 0) is 26.0 Å². The van der Waals surface area contributed by atoms with Crippen molar-refractivity contribution in [3.05, 3.63) is 35.0 Å². The highest BCUT2D eigenvalue weighted by atomic mass is 32.1. The van der Waals surface area contributed by atoms with Gasteiger partial charge in [0.2, 0.25) is 0 Å². The average Bonchev–Trinajstić information content (AvgIpc) is 2.89. The smallest absolute Gasteiger partial charge is 0.265 e. The normalized spacial score (nSPS) is 10.4. The zero-order valence-electron chi connectivity index (χ0n) is 12.2. The van der Waals surface area contributed by atoms with Gasteiger partial charge in [-0.25, -0.2) is 4.98 Å². The summed E-state index contributed by atoms with van der Waals surface area (Å²) < 4.78 is 0. The zero-order valence-corrected chi connectivity index (χ0v) is 13.0. The molecule has 1 amide bonds. The summed E-state index contributed by atoms with van der Waals surface area (Å²) in [7, 11) is 0. The molecule has 6 nitrogen and oxygen atoms in total. The molecule has 3 N–H and O–H groups in total. The molecule has 2 rings (SSSR count). The van der Waals surface area contributed by atoms with E-state index in [0.29, 0.717) is 11.4 Å². The Morgan fingerprint density at radius 3 is 2.76 bits per heavy atom. The second-order valence-electron chi connectivity index (χ2n) is 4.39. The molecule has 0 aliphatic heterocycles. The van der Waals surface area contributed by atoms with E-state index < -0.39 is 0 Å². The molecule has 0 fully saturated rings. The summed E-state index contributed by atoms with van der Waals surface area (Å²) in [5, 5.41) is 3.59. The first kappa shape index (κ1) is 15.2. The van der Waals surface area contributed by atoms with Crippen molar-refractivity contribution in [1.82, 2.24) is 15.3 Å². The minimum atomic E-state index is -0.214. The molecule has 0 aromatic carbocycles. The van der Waals surface area contributed by atoms with Crippen LogP contribution < -0.4 is 16.0 Å². The Balaban J connectivity index is 2.05. The van der Waals surface area contributed by atoms with Gasteiger partial charge in [0.25, 0.3) is 5.91 Å². The van der Waals surface area contributed by atoms with Gasteiger partial charge in [0.1, 0.15) is 10.7 Å². The number of aromatic nitrogens is 2. The minimum absolute atomic E-state index is 0.214. The quantitative estimate of drug-likeness (QED) is 0.851. The number of carbonyl (C=O) groups is 1. The monoisotopic (exact) mass is 305 g/mol. The third-order valence-corrected chi connectivity index (χ3v) is 4.17. The largest absolute Gasteiger partial charge is 0.382 e. The van der Waals surface area contributed by atoms with Crippen LogP contribution in [-0.4, -0.2) is 29.0 Å². The standard InChI is InChI=1S/C14H19N5OS/c1-3-19(4-2)14-18-12(15)11(21-14)13(20)17-9-10-7-5-6-8-16-10/h5-8H,3-4,9,15H2,1-2H3,(H,17,20). The van der Waals surface area contributed by atoms with Crippen molar-refractivity contribution >= 4 is 28.2 Å². The Morgan fingerprint density at radius 1 is 1.38 bits per heavy atom. The Labute approximate surface area is 128 Å². The summed E-state index contributed by atoms with van der Waals surface area (Å²) in [6, 6.07) is 5.58. The fraction of sp³-hybridized carbons (Fsp3) is 0.357. The van der Waals surface area contributed by atoms with Crippen molar-refractivity contribution in [3.8, 4) is 0 Å². The van der Waals surface area contributed by atoms with Crippen LogP contribution in [-0.2, 0) is 6.54 Å². The number of rotatable bonds is 6. The van der Waals surface area contributed by atoms with Crippen LogP contribution in [0.5, 0.6) is 0 Å². The first-order valence-corrected chi connectivity index (χ1v) is 7.66. The van der Waals surface area contributed by atoms with Gasteiger partial charge in [0.15, 0.2) is 5.13 Å². The molecule has 0 aliphatic rings. The van der Waals surface area contributed by atoms with Crippen LogP contribution >= 0.6 is 11.3 Å². The molecule has 0 spiro atoms. The van der Waals surface area contributed by atoms with E-state index in [1.54, 1.807) is 6.20 Å². The number of nitrogens with zero attached hydrogens (tertiary/aromatic N) is 3. The van der Waals surface area contributed by atoms with E-state index in [0.717, 1.165) is 23.9 Å². The van der Waals surface area contributed by atoms with Crippen molar-refractivity contribution in [2.24, 2.45) is 0 Å². The van der Waals surface area contributed by atoms with Crippen LogP contribution in [0, 0.1) is 0 Å². The number of nitrogen functional groups attached to an aromatic ring is 1. The molecule has 7 heteroatoms. The fourth-order valence-electron chi connectivity index (χ4n) is 1.87. The fourth-order valence-corrected chi connectivity index (χ4v) is 2.90. The Morgan fingerprint density at radius 2 is 2.14 bits per heavy atom. The number of nitrogens with one attached hydrogen (secondary N) is 1. The topological polar surface area (TPSA) is 84.1 Å². The van der Waals surface area contributed by atoms with E-state index in [9.17, 15) is 4.79 Å². The third-order valence-electron chi connectivity index (χ3n) is 3.04. The molecule has 112 valence electrons. The van der Waals surface area contributed by atoms with E-state index in [4.69, 9.17) is 5.73 Å². The van der Waals surface area contributed by atoms with E-state index in [2.05, 4.69) is 20.2 Å². The lowest BCUT2D eigenvalue weighted by Crippen LogP contribution is -2.23. The number of hydrogen-bond acceptors (Lipinski definition) is 6. The summed E-state index contributed by atoms with van der Waals surface area (Å²) in [5.74, 6) is 0.0643. The lowest BCUT2D eigenvalue weighted by atomic mass is 10.3. The maximum atomic E-state index is 12.2. The molecule has 0 atom stereocenters. The van der Waals surface area contributed by atoms with Gasteiger partial charge in [0.05, 0.1) is 12.2 Å². The number of thiazole rings is 1. The maximum Gasteiger partial charge on any atom is 0.265 e. The van der Waals surface area contributed by atoms with Gasteiger partial charge in [-0.3, -0.25) is 9.78 Å². The van der Waals surface area contributed by atoms with Gasteiger partial charge in [-0.2, -0.15) is 0 Å². The molecule has 2 aromatic heterocycles. The number of nitrogens with two attached hydrogens (primary N) is 1. The van der Waals surface area contributed by atoms with E-state index in [-0.39, 0.29) is 11.7 Å². The summed E-state index contributed by atoms with van der Waals surface area (Å²) in [4.78, 5) is 23.1. The first-order chi connectivity index (χ1) is 10.2. The molecule has 2 heterocycles. The Bertz CT molecular complexity index is 595. The Kier molecular flexibility index (Phi) is 5.10. The second-order valence-corrected chi connectivity index (χ2v) is 5.36. The van der Waals surface area contributed by atoms with Crippen LogP contribution in [0.3, 0.4) is 0 Å². The number of carbonyl (C=O) groups excluding carboxylic acids is 1. The second kappa shape index (κ2) is 7.03. The van der Waals surface area contributed by atoms with Gasteiger partial charge >= 0.3 is 0 Å². The lowest BCUT2D eigenvalue weighted by Gasteiger charge is -2.16. The molecular weight excluding hydrogens is 286 g/mol. The van der Waals surface area contributed by atoms with Crippen LogP contribution in [0.4, 0.5) is 10.9 Å². The SMILES string of the molecule is CCN(CC)c1nc(N)c(C(=O)NCc2ccccn2)s1. The highest BCUT2D eigenvalue weighted by Crippen LogP contribution is 2.27. The molecule has 0 radical (unpaired) electrons. The predicted octanol–water partition coefficient (Wildman–Crippen LogP) is 1.90. The number of anilines is 2. The van der Waals surface area contributed by atoms with Gasteiger partial charge in [-0.15, -0.1) is 0 Å². The van der Waals surface area contributed by atoms with Crippen molar-refractivity contribution in [3.63, 3.8) is 0 Å². The zero-order chi connectivity index (χ0) is 15.2. The van der Waals surface area contributed by atoms with Gasteiger partial charge in [-0.1, -0.05) is 17.4 Å². The average molecular weight is 305 g/mol. The van der Waals surface area contributed by atoms with Gasteiger partial charge in [0, 0.05) is 19.3 Å². The van der Waals surface area contributed by atoms with Crippen LogP contribution in [0.2, 0.25) is 0 Å². The number of pyridine rings is 1. The molecule has 0 saturated carbocycles. The molecular formula is C14H19N5OS. The third kappa shape index (κ3) is 3.69. The van der Waals surface area contributed by atoms with Crippen molar-refractivity contribution in [1.29, 1.82) is 0 Å². The maximum absolute atomic E-state index is 12.2. The van der Waals surface area contributed by atoms with E-state index in [1.165, 1.54) is 11.3 Å². The lowest BCUT2D eigenvalue weighted by molar-refractivity contribution is 0.0955.